The lowest BCUT2D eigenvalue weighted by Crippen LogP contribution is -2.06. The van der Waals surface area contributed by atoms with E-state index in [1.165, 1.54) is 5.56 Å². The first-order chi connectivity index (χ1) is 9.56. The third kappa shape index (κ3) is 2.72. The van der Waals surface area contributed by atoms with Gasteiger partial charge in [0, 0.05) is 11.5 Å². The van der Waals surface area contributed by atoms with Gasteiger partial charge >= 0.3 is 0 Å². The van der Waals surface area contributed by atoms with E-state index in [-0.39, 0.29) is 0 Å². The second-order valence-corrected chi connectivity index (χ2v) is 5.78. The van der Waals surface area contributed by atoms with E-state index >= 15 is 0 Å². The molecule has 3 heteroatoms. The second-order valence-electron chi connectivity index (χ2n) is 5.78. The number of anilines is 1. The van der Waals surface area contributed by atoms with Crippen LogP contribution in [0.5, 0.6) is 0 Å². The smallest absolute Gasteiger partial charge is 0.130 e. The van der Waals surface area contributed by atoms with Gasteiger partial charge in [0.05, 0.1) is 11.4 Å². The highest BCUT2D eigenvalue weighted by Crippen LogP contribution is 2.31. The largest absolute Gasteiger partial charge is 0.383 e. The lowest BCUT2D eigenvalue weighted by Gasteiger charge is -2.14. The number of aromatic nitrogens is 2. The fourth-order valence-corrected chi connectivity index (χ4v) is 2.43. The summed E-state index contributed by atoms with van der Waals surface area (Å²) in [5.74, 6) is 1.77. The standard InChI is InChI=1S/C17H25N3/c1-5-9-15-16(13(4)12(2)3)19-20(17(15)18)14-10-7-6-8-11-14/h6-8,10-13H,5,9,18H2,1-4H3. The quantitative estimate of drug-likeness (QED) is 0.887. The Morgan fingerprint density at radius 2 is 1.80 bits per heavy atom. The monoisotopic (exact) mass is 271 g/mol. The first-order valence-electron chi connectivity index (χ1n) is 7.48. The van der Waals surface area contributed by atoms with Gasteiger partial charge in [-0.05, 0) is 24.5 Å². The predicted octanol–water partition coefficient (Wildman–Crippen LogP) is 4.17. The van der Waals surface area contributed by atoms with Crippen LogP contribution in [0, 0.1) is 5.92 Å². The second kappa shape index (κ2) is 6.12. The predicted molar refractivity (Wildman–Crippen MR) is 85.2 cm³/mol. The van der Waals surface area contributed by atoms with Crippen molar-refractivity contribution in [3.8, 4) is 5.69 Å². The van der Waals surface area contributed by atoms with Crippen molar-refractivity contribution in [1.82, 2.24) is 9.78 Å². The molecule has 1 heterocycles. The van der Waals surface area contributed by atoms with E-state index in [9.17, 15) is 0 Å². The van der Waals surface area contributed by atoms with Crippen LogP contribution < -0.4 is 5.73 Å². The molecular weight excluding hydrogens is 246 g/mol. The molecule has 1 unspecified atom stereocenters. The molecule has 1 aromatic heterocycles. The minimum atomic E-state index is 0.420. The van der Waals surface area contributed by atoms with Gasteiger partial charge in [0.2, 0.25) is 0 Å². The van der Waals surface area contributed by atoms with Gasteiger partial charge in [0.1, 0.15) is 5.82 Å². The maximum atomic E-state index is 6.36. The molecule has 0 bridgehead atoms. The molecule has 0 aliphatic carbocycles. The number of benzene rings is 1. The van der Waals surface area contributed by atoms with Gasteiger partial charge in [-0.15, -0.1) is 0 Å². The average molecular weight is 271 g/mol. The van der Waals surface area contributed by atoms with Crippen molar-refractivity contribution in [2.45, 2.75) is 46.5 Å². The highest BCUT2D eigenvalue weighted by Gasteiger charge is 2.22. The molecule has 0 amide bonds. The molecule has 1 aromatic carbocycles. The van der Waals surface area contributed by atoms with Crippen molar-refractivity contribution >= 4 is 5.82 Å². The summed E-state index contributed by atoms with van der Waals surface area (Å²) in [6.07, 6.45) is 2.08. The lowest BCUT2D eigenvalue weighted by atomic mass is 9.91. The number of rotatable bonds is 5. The number of hydrogen-bond donors (Lipinski definition) is 1. The molecule has 0 spiro atoms. The van der Waals surface area contributed by atoms with Gasteiger partial charge in [-0.3, -0.25) is 0 Å². The molecule has 3 nitrogen and oxygen atoms in total. The summed E-state index contributed by atoms with van der Waals surface area (Å²) < 4.78 is 1.89. The van der Waals surface area contributed by atoms with Crippen LogP contribution >= 0.6 is 0 Å². The summed E-state index contributed by atoms with van der Waals surface area (Å²) in [6.45, 7) is 8.89. The van der Waals surface area contributed by atoms with Gasteiger partial charge < -0.3 is 5.73 Å². The number of hydrogen-bond acceptors (Lipinski definition) is 2. The van der Waals surface area contributed by atoms with E-state index < -0.39 is 0 Å². The van der Waals surface area contributed by atoms with E-state index in [1.54, 1.807) is 0 Å². The summed E-state index contributed by atoms with van der Waals surface area (Å²) in [7, 11) is 0. The van der Waals surface area contributed by atoms with Crippen LogP contribution in [0.4, 0.5) is 5.82 Å². The molecule has 2 N–H and O–H groups in total. The van der Waals surface area contributed by atoms with Gasteiger partial charge in [-0.2, -0.15) is 5.10 Å². The van der Waals surface area contributed by atoms with Crippen LogP contribution in [0.2, 0.25) is 0 Å². The van der Waals surface area contributed by atoms with Gasteiger partial charge in [0.25, 0.3) is 0 Å². The third-order valence-corrected chi connectivity index (χ3v) is 3.99. The molecule has 0 saturated heterocycles. The lowest BCUT2D eigenvalue weighted by molar-refractivity contribution is 0.516. The van der Waals surface area contributed by atoms with Crippen LogP contribution in [-0.2, 0) is 6.42 Å². The molecule has 108 valence electrons. The number of nitrogen functional groups attached to an aromatic ring is 1. The minimum Gasteiger partial charge on any atom is -0.383 e. The maximum absolute atomic E-state index is 6.36. The van der Waals surface area contributed by atoms with E-state index in [2.05, 4.69) is 27.7 Å². The van der Waals surface area contributed by atoms with Crippen molar-refractivity contribution in [2.75, 3.05) is 5.73 Å². The topological polar surface area (TPSA) is 43.8 Å². The van der Waals surface area contributed by atoms with E-state index in [1.807, 2.05) is 35.0 Å². The van der Waals surface area contributed by atoms with Crippen molar-refractivity contribution in [3.05, 3.63) is 41.6 Å². The van der Waals surface area contributed by atoms with E-state index in [0.29, 0.717) is 11.8 Å². The number of nitrogens with zero attached hydrogens (tertiary/aromatic N) is 2. The fraction of sp³-hybridized carbons (Fsp3) is 0.471. The normalized spacial score (nSPS) is 12.8. The van der Waals surface area contributed by atoms with Crippen molar-refractivity contribution in [3.63, 3.8) is 0 Å². The molecule has 0 radical (unpaired) electrons. The molecule has 0 aliphatic heterocycles. The minimum absolute atomic E-state index is 0.420. The Hall–Kier alpha value is -1.77. The molecular formula is C17H25N3. The Kier molecular flexibility index (Phi) is 4.48. The first kappa shape index (κ1) is 14.6. The summed E-state index contributed by atoms with van der Waals surface area (Å²) in [6, 6.07) is 10.1. The van der Waals surface area contributed by atoms with Gasteiger partial charge in [-0.1, -0.05) is 52.3 Å². The Morgan fingerprint density at radius 1 is 1.15 bits per heavy atom. The summed E-state index contributed by atoms with van der Waals surface area (Å²) in [4.78, 5) is 0. The first-order valence-corrected chi connectivity index (χ1v) is 7.48. The third-order valence-electron chi connectivity index (χ3n) is 3.99. The molecule has 2 rings (SSSR count). The molecule has 1 atom stereocenters. The van der Waals surface area contributed by atoms with E-state index in [0.717, 1.165) is 30.0 Å². The molecule has 0 fully saturated rings. The van der Waals surface area contributed by atoms with Crippen LogP contribution in [0.25, 0.3) is 5.69 Å². The summed E-state index contributed by atoms with van der Waals surface area (Å²) in [5, 5.41) is 4.81. The summed E-state index contributed by atoms with van der Waals surface area (Å²) in [5.41, 5.74) is 9.77. The van der Waals surface area contributed by atoms with Gasteiger partial charge in [0.15, 0.2) is 0 Å². The highest BCUT2D eigenvalue weighted by atomic mass is 15.3. The zero-order chi connectivity index (χ0) is 14.7. The van der Waals surface area contributed by atoms with Crippen LogP contribution in [0.1, 0.15) is 51.3 Å². The Morgan fingerprint density at radius 3 is 2.35 bits per heavy atom. The van der Waals surface area contributed by atoms with Crippen molar-refractivity contribution in [1.29, 1.82) is 0 Å². The number of nitrogens with two attached hydrogens (primary N) is 1. The zero-order valence-electron chi connectivity index (χ0n) is 12.9. The SMILES string of the molecule is CCCc1c(C(C)C(C)C)nn(-c2ccccc2)c1N. The van der Waals surface area contributed by atoms with E-state index in [4.69, 9.17) is 10.8 Å². The van der Waals surface area contributed by atoms with Crippen molar-refractivity contribution < 1.29 is 0 Å². The summed E-state index contributed by atoms with van der Waals surface area (Å²) >= 11 is 0. The van der Waals surface area contributed by atoms with Crippen LogP contribution in [0.15, 0.2) is 30.3 Å². The Labute approximate surface area is 121 Å². The fourth-order valence-electron chi connectivity index (χ4n) is 2.43. The molecule has 20 heavy (non-hydrogen) atoms. The maximum Gasteiger partial charge on any atom is 0.130 e. The van der Waals surface area contributed by atoms with Crippen LogP contribution in [-0.4, -0.2) is 9.78 Å². The number of para-hydroxylation sites is 1. The Bertz CT molecular complexity index is 555. The molecule has 0 saturated carbocycles. The van der Waals surface area contributed by atoms with Gasteiger partial charge in [-0.25, -0.2) is 4.68 Å². The Balaban J connectivity index is 2.53. The zero-order valence-corrected chi connectivity index (χ0v) is 12.9. The molecule has 2 aromatic rings. The average Bonchev–Trinajstić information content (AvgIpc) is 2.77. The molecule has 0 aliphatic rings. The highest BCUT2D eigenvalue weighted by molar-refractivity contribution is 5.51. The van der Waals surface area contributed by atoms with Crippen molar-refractivity contribution in [2.24, 2.45) is 5.92 Å². The van der Waals surface area contributed by atoms with Crippen LogP contribution in [0.3, 0.4) is 0 Å².